The maximum atomic E-state index is 11.8. The Labute approximate surface area is 141 Å². The van der Waals surface area contributed by atoms with Gasteiger partial charge in [-0.3, -0.25) is 25.2 Å². The van der Waals surface area contributed by atoms with E-state index in [9.17, 15) is 14.4 Å². The third-order valence-electron chi connectivity index (χ3n) is 3.84. The summed E-state index contributed by atoms with van der Waals surface area (Å²) >= 11 is 0. The largest absolute Gasteiger partial charge is 0.333 e. The minimum atomic E-state index is -0.425. The molecule has 0 bridgehead atoms. The Balaban J connectivity index is 1.75. The van der Waals surface area contributed by atoms with Gasteiger partial charge in [-0.15, -0.1) is 0 Å². The van der Waals surface area contributed by atoms with Crippen LogP contribution >= 0.6 is 0 Å². The van der Waals surface area contributed by atoms with Gasteiger partial charge in [0.2, 0.25) is 5.91 Å². The summed E-state index contributed by atoms with van der Waals surface area (Å²) in [6.07, 6.45) is 6.28. The van der Waals surface area contributed by atoms with E-state index in [2.05, 4.69) is 10.9 Å². The zero-order chi connectivity index (χ0) is 17.4. The van der Waals surface area contributed by atoms with Crippen LogP contribution in [0.4, 0.5) is 0 Å². The number of carbonyl (C=O) groups is 3. The van der Waals surface area contributed by atoms with Crippen molar-refractivity contribution in [1.82, 2.24) is 15.8 Å². The molecule has 24 heavy (non-hydrogen) atoms. The molecule has 0 unspecified atom stereocenters. The fraction of sp³-hybridized carbons (Fsp3) is 0.389. The predicted octanol–water partition coefficient (Wildman–Crippen LogP) is 1.56. The lowest BCUT2D eigenvalue weighted by molar-refractivity contribution is -0.136. The van der Waals surface area contributed by atoms with Gasteiger partial charge in [-0.1, -0.05) is 36.2 Å². The smallest absolute Gasteiger partial charge is 0.262 e. The fourth-order valence-electron chi connectivity index (χ4n) is 2.44. The number of amides is 3. The van der Waals surface area contributed by atoms with Crippen molar-refractivity contribution in [3.05, 3.63) is 41.5 Å². The number of aryl methyl sites for hydroxylation is 1. The molecule has 0 aliphatic carbocycles. The summed E-state index contributed by atoms with van der Waals surface area (Å²) < 4.78 is 0. The van der Waals surface area contributed by atoms with Crippen LogP contribution in [-0.4, -0.2) is 35.7 Å². The van der Waals surface area contributed by atoms with Gasteiger partial charge in [0, 0.05) is 19.0 Å². The van der Waals surface area contributed by atoms with Crippen molar-refractivity contribution in [3.8, 4) is 0 Å². The molecule has 1 aliphatic rings. The van der Waals surface area contributed by atoms with Crippen LogP contribution < -0.4 is 10.9 Å². The zero-order valence-electron chi connectivity index (χ0n) is 13.9. The van der Waals surface area contributed by atoms with Gasteiger partial charge in [0.1, 0.15) is 6.54 Å². The third-order valence-corrected chi connectivity index (χ3v) is 3.84. The van der Waals surface area contributed by atoms with Crippen LogP contribution in [0, 0.1) is 6.92 Å². The number of nitrogens with zero attached hydrogens (tertiary/aromatic N) is 1. The highest BCUT2D eigenvalue weighted by Gasteiger charge is 2.19. The van der Waals surface area contributed by atoms with Crippen LogP contribution in [0.15, 0.2) is 30.3 Å². The van der Waals surface area contributed by atoms with Gasteiger partial charge >= 0.3 is 0 Å². The number of hydrogen-bond acceptors (Lipinski definition) is 3. The lowest BCUT2D eigenvalue weighted by Gasteiger charge is -2.19. The number of likely N-dealkylation sites (tertiary alicyclic amines) is 1. The van der Waals surface area contributed by atoms with Crippen molar-refractivity contribution >= 4 is 23.8 Å². The fourth-order valence-corrected chi connectivity index (χ4v) is 2.44. The number of nitrogens with one attached hydrogen (secondary N) is 2. The first-order valence-corrected chi connectivity index (χ1v) is 8.16. The number of rotatable bonds is 4. The summed E-state index contributed by atoms with van der Waals surface area (Å²) in [4.78, 5) is 36.9. The molecule has 1 aromatic carbocycles. The topological polar surface area (TPSA) is 78.5 Å². The van der Waals surface area contributed by atoms with Crippen LogP contribution in [0.1, 0.15) is 36.8 Å². The van der Waals surface area contributed by atoms with Crippen molar-refractivity contribution in [2.24, 2.45) is 0 Å². The van der Waals surface area contributed by atoms with E-state index in [0.717, 1.165) is 30.4 Å². The predicted molar refractivity (Wildman–Crippen MR) is 91.5 cm³/mol. The molecule has 1 saturated heterocycles. The zero-order valence-corrected chi connectivity index (χ0v) is 13.9. The third kappa shape index (κ3) is 5.87. The Morgan fingerprint density at radius 1 is 1.12 bits per heavy atom. The van der Waals surface area contributed by atoms with E-state index < -0.39 is 11.8 Å². The minimum Gasteiger partial charge on any atom is -0.333 e. The van der Waals surface area contributed by atoms with Crippen molar-refractivity contribution in [3.63, 3.8) is 0 Å². The Kier molecular flexibility index (Phi) is 6.54. The molecule has 2 rings (SSSR count). The minimum absolute atomic E-state index is 0.00626. The molecule has 0 saturated carbocycles. The van der Waals surface area contributed by atoms with E-state index in [1.165, 1.54) is 11.0 Å². The van der Waals surface area contributed by atoms with Crippen LogP contribution in [-0.2, 0) is 14.4 Å². The summed E-state index contributed by atoms with van der Waals surface area (Å²) in [5, 5.41) is 0. The molecule has 6 nitrogen and oxygen atoms in total. The molecule has 1 aliphatic heterocycles. The van der Waals surface area contributed by atoms with Crippen molar-refractivity contribution in [2.75, 3.05) is 13.1 Å². The first-order chi connectivity index (χ1) is 11.5. The van der Waals surface area contributed by atoms with Gasteiger partial charge in [-0.05, 0) is 31.4 Å². The van der Waals surface area contributed by atoms with E-state index in [0.29, 0.717) is 13.0 Å². The van der Waals surface area contributed by atoms with Crippen molar-refractivity contribution in [1.29, 1.82) is 0 Å². The van der Waals surface area contributed by atoms with Crippen LogP contribution in [0.3, 0.4) is 0 Å². The van der Waals surface area contributed by atoms with Gasteiger partial charge in [0.25, 0.3) is 11.8 Å². The molecular formula is C18H23N3O3. The quantitative estimate of drug-likeness (QED) is 0.650. The summed E-state index contributed by atoms with van der Waals surface area (Å²) in [7, 11) is 0. The molecule has 6 heteroatoms. The van der Waals surface area contributed by atoms with E-state index >= 15 is 0 Å². The van der Waals surface area contributed by atoms with Crippen molar-refractivity contribution < 1.29 is 14.4 Å². The Morgan fingerprint density at radius 3 is 2.62 bits per heavy atom. The normalized spacial score (nSPS) is 15.2. The Bertz CT molecular complexity index is 623. The molecule has 2 N–H and O–H groups in total. The summed E-state index contributed by atoms with van der Waals surface area (Å²) in [5.74, 6) is -0.832. The highest BCUT2D eigenvalue weighted by atomic mass is 16.2. The van der Waals surface area contributed by atoms with E-state index in [4.69, 9.17) is 0 Å². The average molecular weight is 329 g/mol. The standard InChI is InChI=1S/C18H23N3O3/c1-14-6-8-15(9-7-14)10-11-16(22)19-20-17(23)13-21-12-4-2-3-5-18(21)24/h6-11H,2-5,12-13H2,1H3,(H,19,22)(H,20,23)/b11-10+. The van der Waals surface area contributed by atoms with E-state index in [1.807, 2.05) is 31.2 Å². The number of benzene rings is 1. The maximum absolute atomic E-state index is 11.8. The second-order valence-corrected chi connectivity index (χ2v) is 5.91. The monoisotopic (exact) mass is 329 g/mol. The lowest BCUT2D eigenvalue weighted by Crippen LogP contribution is -2.47. The van der Waals surface area contributed by atoms with Gasteiger partial charge in [-0.2, -0.15) is 0 Å². The van der Waals surface area contributed by atoms with Gasteiger partial charge in [-0.25, -0.2) is 0 Å². The molecule has 128 valence electrons. The molecule has 0 spiro atoms. The van der Waals surface area contributed by atoms with Gasteiger partial charge < -0.3 is 4.90 Å². The molecule has 1 aromatic rings. The van der Waals surface area contributed by atoms with Crippen LogP contribution in [0.25, 0.3) is 6.08 Å². The first kappa shape index (κ1) is 17.7. The number of carbonyl (C=O) groups excluding carboxylic acids is 3. The van der Waals surface area contributed by atoms with E-state index in [1.54, 1.807) is 6.08 Å². The summed E-state index contributed by atoms with van der Waals surface area (Å²) in [6.45, 7) is 2.55. The molecule has 0 aromatic heterocycles. The lowest BCUT2D eigenvalue weighted by atomic mass is 10.1. The molecule has 1 fully saturated rings. The van der Waals surface area contributed by atoms with Crippen molar-refractivity contribution in [2.45, 2.75) is 32.6 Å². The van der Waals surface area contributed by atoms with E-state index in [-0.39, 0.29) is 12.5 Å². The van der Waals surface area contributed by atoms with Crippen LogP contribution in [0.5, 0.6) is 0 Å². The SMILES string of the molecule is Cc1ccc(/C=C/C(=O)NNC(=O)CN2CCCCCC2=O)cc1. The highest BCUT2D eigenvalue weighted by molar-refractivity contribution is 5.93. The highest BCUT2D eigenvalue weighted by Crippen LogP contribution is 2.10. The summed E-state index contributed by atoms with van der Waals surface area (Å²) in [6, 6.07) is 7.72. The number of hydrogen-bond donors (Lipinski definition) is 2. The molecule has 0 atom stereocenters. The second kappa shape index (κ2) is 8.86. The molecule has 3 amide bonds. The summed E-state index contributed by atoms with van der Waals surface area (Å²) in [5.41, 5.74) is 6.70. The Hall–Kier alpha value is -2.63. The van der Waals surface area contributed by atoms with Gasteiger partial charge in [0.15, 0.2) is 0 Å². The first-order valence-electron chi connectivity index (χ1n) is 8.16. The molecular weight excluding hydrogens is 306 g/mol. The molecule has 1 heterocycles. The Morgan fingerprint density at radius 2 is 1.88 bits per heavy atom. The molecule has 0 radical (unpaired) electrons. The van der Waals surface area contributed by atoms with Gasteiger partial charge in [0.05, 0.1) is 0 Å². The maximum Gasteiger partial charge on any atom is 0.262 e. The average Bonchev–Trinajstić information content (AvgIpc) is 2.77. The second-order valence-electron chi connectivity index (χ2n) is 5.91. The number of hydrazine groups is 1. The van der Waals surface area contributed by atoms with Crippen LogP contribution in [0.2, 0.25) is 0 Å².